The first kappa shape index (κ1) is 9.72. The van der Waals surface area contributed by atoms with Gasteiger partial charge in [-0.15, -0.1) is 12.4 Å². The lowest BCUT2D eigenvalue weighted by atomic mass is 10.3. The molecule has 3 nitrogen and oxygen atoms in total. The Morgan fingerprint density at radius 1 is 1.70 bits per heavy atom. The number of carbonyl (C=O) groups excluding carboxylic acids is 1. The van der Waals surface area contributed by atoms with Crippen LogP contribution in [0.4, 0.5) is 0 Å². The van der Waals surface area contributed by atoms with Crippen molar-refractivity contribution in [2.75, 3.05) is 26.2 Å². The van der Waals surface area contributed by atoms with E-state index in [-0.39, 0.29) is 18.3 Å². The van der Waals surface area contributed by atoms with Crippen LogP contribution in [0.1, 0.15) is 6.92 Å². The van der Waals surface area contributed by atoms with Crippen LogP contribution in [0, 0.1) is 0 Å². The molecule has 1 rings (SSSR count). The van der Waals surface area contributed by atoms with Gasteiger partial charge in [0.1, 0.15) is 0 Å². The lowest BCUT2D eigenvalue weighted by Crippen LogP contribution is -2.47. The molecule has 1 aliphatic rings. The van der Waals surface area contributed by atoms with Gasteiger partial charge in [0.2, 0.25) is 5.91 Å². The van der Waals surface area contributed by atoms with Crippen LogP contribution in [-0.4, -0.2) is 37.0 Å². The summed E-state index contributed by atoms with van der Waals surface area (Å²) in [6, 6.07) is 0. The number of nitrogens with one attached hydrogen (secondary N) is 1. The topological polar surface area (TPSA) is 32.3 Å². The number of likely N-dealkylation sites (N-methyl/N-ethyl adjacent to an activating group) is 1. The Kier molecular flexibility index (Phi) is 4.40. The molecular weight excluding hydrogens is 152 g/mol. The standard InChI is InChI=1S/C6H12N2O.ClH/c1-2-8-4-3-7-6(9)5-8;/h2-5H2,1H3,(H,7,9);1H. The molecule has 0 spiro atoms. The van der Waals surface area contributed by atoms with Gasteiger partial charge in [0.15, 0.2) is 0 Å². The maximum Gasteiger partial charge on any atom is 0.234 e. The molecule has 1 N–H and O–H groups in total. The van der Waals surface area contributed by atoms with E-state index in [1.54, 1.807) is 0 Å². The summed E-state index contributed by atoms with van der Waals surface area (Å²) in [5.74, 6) is 0.156. The van der Waals surface area contributed by atoms with Gasteiger partial charge < -0.3 is 5.32 Å². The minimum absolute atomic E-state index is 0. The lowest BCUT2D eigenvalue weighted by Gasteiger charge is -2.24. The SMILES string of the molecule is CCN1CCNC(=O)C1.Cl. The van der Waals surface area contributed by atoms with Gasteiger partial charge in [0, 0.05) is 13.1 Å². The van der Waals surface area contributed by atoms with Crippen LogP contribution in [0.5, 0.6) is 0 Å². The van der Waals surface area contributed by atoms with Crippen LogP contribution >= 0.6 is 12.4 Å². The molecule has 1 aliphatic heterocycles. The van der Waals surface area contributed by atoms with Crippen LogP contribution < -0.4 is 5.32 Å². The first-order chi connectivity index (χ1) is 4.33. The zero-order chi connectivity index (χ0) is 6.69. The van der Waals surface area contributed by atoms with E-state index in [1.165, 1.54) is 0 Å². The number of hydrogen-bond donors (Lipinski definition) is 1. The van der Waals surface area contributed by atoms with Crippen molar-refractivity contribution >= 4 is 18.3 Å². The van der Waals surface area contributed by atoms with E-state index in [0.29, 0.717) is 6.54 Å². The number of hydrogen-bond acceptors (Lipinski definition) is 2. The van der Waals surface area contributed by atoms with Crippen molar-refractivity contribution in [1.82, 2.24) is 10.2 Å². The van der Waals surface area contributed by atoms with Gasteiger partial charge in [-0.3, -0.25) is 9.69 Å². The van der Waals surface area contributed by atoms with Crippen molar-refractivity contribution in [1.29, 1.82) is 0 Å². The predicted molar refractivity (Wildman–Crippen MR) is 42.4 cm³/mol. The van der Waals surface area contributed by atoms with E-state index in [2.05, 4.69) is 17.1 Å². The van der Waals surface area contributed by atoms with Gasteiger partial charge in [-0.1, -0.05) is 6.92 Å². The Morgan fingerprint density at radius 2 is 2.40 bits per heavy atom. The summed E-state index contributed by atoms with van der Waals surface area (Å²) in [4.78, 5) is 12.8. The van der Waals surface area contributed by atoms with Crippen molar-refractivity contribution in [3.63, 3.8) is 0 Å². The Hall–Kier alpha value is -0.280. The third-order valence-electron chi connectivity index (χ3n) is 1.56. The Bertz CT molecular complexity index is 118. The summed E-state index contributed by atoms with van der Waals surface area (Å²) in [6.07, 6.45) is 0. The molecule has 0 aliphatic carbocycles. The van der Waals surface area contributed by atoms with Crippen LogP contribution in [0.15, 0.2) is 0 Å². The summed E-state index contributed by atoms with van der Waals surface area (Å²) in [5, 5.41) is 2.77. The number of amides is 1. The molecule has 0 bridgehead atoms. The summed E-state index contributed by atoms with van der Waals surface area (Å²) < 4.78 is 0. The fraction of sp³-hybridized carbons (Fsp3) is 0.833. The fourth-order valence-electron chi connectivity index (χ4n) is 0.961. The second-order valence-electron chi connectivity index (χ2n) is 2.22. The number of nitrogens with zero attached hydrogens (tertiary/aromatic N) is 1. The molecule has 60 valence electrons. The van der Waals surface area contributed by atoms with Gasteiger partial charge in [-0.25, -0.2) is 0 Å². The smallest absolute Gasteiger partial charge is 0.234 e. The summed E-state index contributed by atoms with van der Waals surface area (Å²) in [6.45, 7) is 5.44. The highest BCUT2D eigenvalue weighted by Gasteiger charge is 2.12. The van der Waals surface area contributed by atoms with Gasteiger partial charge in [-0.2, -0.15) is 0 Å². The highest BCUT2D eigenvalue weighted by molar-refractivity contribution is 5.85. The van der Waals surface area contributed by atoms with Gasteiger partial charge >= 0.3 is 0 Å². The monoisotopic (exact) mass is 164 g/mol. The van der Waals surface area contributed by atoms with Crippen LogP contribution in [0.2, 0.25) is 0 Å². The molecule has 1 saturated heterocycles. The molecule has 0 saturated carbocycles. The Morgan fingerprint density at radius 3 is 2.80 bits per heavy atom. The van der Waals surface area contributed by atoms with Gasteiger partial charge in [0.25, 0.3) is 0 Å². The Labute approximate surface area is 67.2 Å². The molecular formula is C6H13ClN2O. The van der Waals surface area contributed by atoms with Crippen molar-refractivity contribution in [2.45, 2.75) is 6.92 Å². The molecule has 0 atom stereocenters. The highest BCUT2D eigenvalue weighted by atomic mass is 35.5. The lowest BCUT2D eigenvalue weighted by molar-refractivity contribution is -0.124. The number of carbonyl (C=O) groups is 1. The van der Waals surface area contributed by atoms with Gasteiger partial charge in [-0.05, 0) is 6.54 Å². The van der Waals surface area contributed by atoms with Crippen molar-refractivity contribution in [3.8, 4) is 0 Å². The molecule has 10 heavy (non-hydrogen) atoms. The average Bonchev–Trinajstić information content (AvgIpc) is 1.88. The normalized spacial score (nSPS) is 19.5. The number of halogens is 1. The maximum absolute atomic E-state index is 10.7. The first-order valence-electron chi connectivity index (χ1n) is 3.32. The first-order valence-corrected chi connectivity index (χ1v) is 3.32. The van der Waals surface area contributed by atoms with E-state index in [0.717, 1.165) is 19.6 Å². The molecule has 0 aromatic rings. The molecule has 0 unspecified atom stereocenters. The summed E-state index contributed by atoms with van der Waals surface area (Å²) >= 11 is 0. The molecule has 0 aromatic carbocycles. The van der Waals surface area contributed by atoms with E-state index >= 15 is 0 Å². The third kappa shape index (κ3) is 2.54. The van der Waals surface area contributed by atoms with E-state index in [9.17, 15) is 4.79 Å². The highest BCUT2D eigenvalue weighted by Crippen LogP contribution is 1.90. The Balaban J connectivity index is 0.000000810. The van der Waals surface area contributed by atoms with E-state index in [4.69, 9.17) is 0 Å². The molecule has 4 heteroatoms. The van der Waals surface area contributed by atoms with Crippen LogP contribution in [0.25, 0.3) is 0 Å². The van der Waals surface area contributed by atoms with Crippen molar-refractivity contribution < 1.29 is 4.79 Å². The molecule has 1 amide bonds. The largest absolute Gasteiger partial charge is 0.354 e. The summed E-state index contributed by atoms with van der Waals surface area (Å²) in [7, 11) is 0. The second kappa shape index (κ2) is 4.52. The zero-order valence-corrected chi connectivity index (χ0v) is 6.91. The minimum Gasteiger partial charge on any atom is -0.354 e. The molecule has 0 radical (unpaired) electrons. The van der Waals surface area contributed by atoms with Gasteiger partial charge in [0.05, 0.1) is 6.54 Å². The van der Waals surface area contributed by atoms with Crippen molar-refractivity contribution in [3.05, 3.63) is 0 Å². The molecule has 0 aromatic heterocycles. The van der Waals surface area contributed by atoms with E-state index < -0.39 is 0 Å². The second-order valence-corrected chi connectivity index (χ2v) is 2.22. The fourth-order valence-corrected chi connectivity index (χ4v) is 0.961. The minimum atomic E-state index is 0. The van der Waals surface area contributed by atoms with Crippen molar-refractivity contribution in [2.24, 2.45) is 0 Å². The van der Waals surface area contributed by atoms with Crippen LogP contribution in [-0.2, 0) is 4.79 Å². The zero-order valence-electron chi connectivity index (χ0n) is 6.09. The van der Waals surface area contributed by atoms with E-state index in [1.807, 2.05) is 0 Å². The quantitative estimate of drug-likeness (QED) is 0.585. The molecule has 1 fully saturated rings. The number of rotatable bonds is 1. The third-order valence-corrected chi connectivity index (χ3v) is 1.56. The predicted octanol–water partition coefficient (Wildman–Crippen LogP) is -0.140. The van der Waals surface area contributed by atoms with Crippen LogP contribution in [0.3, 0.4) is 0 Å². The average molecular weight is 165 g/mol. The summed E-state index contributed by atoms with van der Waals surface area (Å²) in [5.41, 5.74) is 0. The maximum atomic E-state index is 10.7. The molecule has 1 heterocycles. The number of piperazine rings is 1.